The van der Waals surface area contributed by atoms with Crippen molar-refractivity contribution in [3.63, 3.8) is 0 Å². The van der Waals surface area contributed by atoms with Crippen molar-refractivity contribution in [2.45, 2.75) is 6.92 Å². The maximum absolute atomic E-state index is 12.0. The Hall–Kier alpha value is -1.87. The maximum Gasteiger partial charge on any atom is 0.200 e. The molecule has 0 radical (unpaired) electrons. The molecule has 0 unspecified atom stereocenters. The summed E-state index contributed by atoms with van der Waals surface area (Å²) in [5, 5.41) is 8.86. The molecule has 0 saturated heterocycles. The van der Waals surface area contributed by atoms with Crippen LogP contribution < -0.4 is 4.74 Å². The molecule has 20 heavy (non-hydrogen) atoms. The first-order valence-electron chi connectivity index (χ1n) is 6.02. The van der Waals surface area contributed by atoms with Gasteiger partial charge in [-0.1, -0.05) is 18.2 Å². The van der Waals surface area contributed by atoms with Gasteiger partial charge in [0.1, 0.15) is 5.75 Å². The molecular formula is C16H12INO2. The summed E-state index contributed by atoms with van der Waals surface area (Å²) < 4.78 is 6.60. The summed E-state index contributed by atoms with van der Waals surface area (Å²) in [6.07, 6.45) is 0. The van der Waals surface area contributed by atoms with E-state index >= 15 is 0 Å². The molecule has 0 aliphatic heterocycles. The van der Waals surface area contributed by atoms with E-state index in [4.69, 9.17) is 10.00 Å². The van der Waals surface area contributed by atoms with Crippen LogP contribution in [0.15, 0.2) is 42.5 Å². The Kier molecular flexibility index (Phi) is 4.74. The molecule has 0 saturated carbocycles. The van der Waals surface area contributed by atoms with Crippen LogP contribution in [0.3, 0.4) is 0 Å². The largest absolute Gasteiger partial charge is 0.485 e. The third-order valence-electron chi connectivity index (χ3n) is 2.84. The van der Waals surface area contributed by atoms with Gasteiger partial charge in [-0.25, -0.2) is 0 Å². The Labute approximate surface area is 131 Å². The average molecular weight is 377 g/mol. The molecule has 2 rings (SSSR count). The summed E-state index contributed by atoms with van der Waals surface area (Å²) in [5.41, 5.74) is 2.05. The Morgan fingerprint density at radius 2 is 1.95 bits per heavy atom. The van der Waals surface area contributed by atoms with Gasteiger partial charge in [-0.3, -0.25) is 4.79 Å². The Morgan fingerprint density at radius 3 is 2.60 bits per heavy atom. The summed E-state index contributed by atoms with van der Waals surface area (Å²) >= 11 is 2.19. The van der Waals surface area contributed by atoms with Gasteiger partial charge in [-0.15, -0.1) is 0 Å². The van der Waals surface area contributed by atoms with Gasteiger partial charge in [0, 0.05) is 9.13 Å². The first-order valence-corrected chi connectivity index (χ1v) is 7.10. The first kappa shape index (κ1) is 14.5. The summed E-state index contributed by atoms with van der Waals surface area (Å²) in [6.45, 7) is 1.85. The number of halogens is 1. The van der Waals surface area contributed by atoms with Crippen LogP contribution in [0, 0.1) is 21.8 Å². The number of rotatable bonds is 4. The molecule has 0 heterocycles. The van der Waals surface area contributed by atoms with Crippen molar-refractivity contribution in [2.75, 3.05) is 6.61 Å². The zero-order valence-corrected chi connectivity index (χ0v) is 13.0. The third-order valence-corrected chi connectivity index (χ3v) is 3.56. The number of nitriles is 1. The number of carbonyl (C=O) groups is 1. The molecule has 100 valence electrons. The SMILES string of the molecule is Cc1ccc(C#N)cc1OCC(=O)c1ccc(I)cc1. The van der Waals surface area contributed by atoms with Crippen molar-refractivity contribution in [1.29, 1.82) is 5.26 Å². The second-order valence-electron chi connectivity index (χ2n) is 4.31. The molecular weight excluding hydrogens is 365 g/mol. The van der Waals surface area contributed by atoms with Crippen molar-refractivity contribution in [1.82, 2.24) is 0 Å². The summed E-state index contributed by atoms with van der Waals surface area (Å²) in [7, 11) is 0. The smallest absolute Gasteiger partial charge is 0.200 e. The third kappa shape index (κ3) is 3.58. The molecule has 0 spiro atoms. The predicted octanol–water partition coefficient (Wildman–Crippen LogP) is 3.73. The lowest BCUT2D eigenvalue weighted by Gasteiger charge is -2.08. The van der Waals surface area contributed by atoms with Gasteiger partial charge in [-0.2, -0.15) is 5.26 Å². The quantitative estimate of drug-likeness (QED) is 0.603. The minimum absolute atomic E-state index is 0.0314. The van der Waals surface area contributed by atoms with E-state index in [1.807, 2.05) is 25.1 Å². The van der Waals surface area contributed by atoms with Crippen molar-refractivity contribution >= 4 is 28.4 Å². The summed E-state index contributed by atoms with van der Waals surface area (Å²) in [6, 6.07) is 14.6. The van der Waals surface area contributed by atoms with E-state index in [9.17, 15) is 4.79 Å². The zero-order chi connectivity index (χ0) is 14.5. The number of ether oxygens (including phenoxy) is 1. The number of nitrogens with zero attached hydrogens (tertiary/aromatic N) is 1. The molecule has 0 aliphatic carbocycles. The van der Waals surface area contributed by atoms with Crippen LogP contribution in [0.1, 0.15) is 21.5 Å². The van der Waals surface area contributed by atoms with Crippen molar-refractivity contribution in [3.8, 4) is 11.8 Å². The van der Waals surface area contributed by atoms with Crippen LogP contribution in [0.4, 0.5) is 0 Å². The van der Waals surface area contributed by atoms with Gasteiger partial charge in [-0.05, 0) is 59.3 Å². The normalized spacial score (nSPS) is 9.85. The summed E-state index contributed by atoms with van der Waals surface area (Å²) in [5.74, 6) is 0.492. The van der Waals surface area contributed by atoms with Gasteiger partial charge >= 0.3 is 0 Å². The van der Waals surface area contributed by atoms with Crippen molar-refractivity contribution in [2.24, 2.45) is 0 Å². The molecule has 0 fully saturated rings. The molecule has 2 aromatic rings. The van der Waals surface area contributed by atoms with Gasteiger partial charge in [0.05, 0.1) is 11.6 Å². The van der Waals surface area contributed by atoms with Gasteiger partial charge in [0.25, 0.3) is 0 Å². The van der Waals surface area contributed by atoms with Crippen LogP contribution in [0.25, 0.3) is 0 Å². The second kappa shape index (κ2) is 6.53. The first-order chi connectivity index (χ1) is 9.60. The minimum atomic E-state index is -0.0804. The molecule has 2 aromatic carbocycles. The molecule has 0 N–H and O–H groups in total. The monoisotopic (exact) mass is 377 g/mol. The highest BCUT2D eigenvalue weighted by Crippen LogP contribution is 2.19. The van der Waals surface area contributed by atoms with E-state index in [2.05, 4.69) is 28.7 Å². The number of hydrogen-bond donors (Lipinski definition) is 0. The molecule has 3 nitrogen and oxygen atoms in total. The number of aryl methyl sites for hydroxylation is 1. The van der Waals surface area contributed by atoms with E-state index < -0.39 is 0 Å². The molecule has 0 aromatic heterocycles. The van der Waals surface area contributed by atoms with Gasteiger partial charge < -0.3 is 4.74 Å². The molecule has 0 amide bonds. The van der Waals surface area contributed by atoms with Crippen molar-refractivity contribution < 1.29 is 9.53 Å². The van der Waals surface area contributed by atoms with E-state index in [0.29, 0.717) is 16.9 Å². The lowest BCUT2D eigenvalue weighted by molar-refractivity contribution is 0.0921. The highest BCUT2D eigenvalue weighted by atomic mass is 127. The Balaban J connectivity index is 2.07. The lowest BCUT2D eigenvalue weighted by Crippen LogP contribution is -2.12. The Morgan fingerprint density at radius 1 is 1.25 bits per heavy atom. The lowest BCUT2D eigenvalue weighted by atomic mass is 10.1. The molecule has 0 bridgehead atoms. The fourth-order valence-corrected chi connectivity index (χ4v) is 2.05. The van der Waals surface area contributed by atoms with Crippen LogP contribution in [-0.2, 0) is 0 Å². The fraction of sp³-hybridized carbons (Fsp3) is 0.125. The van der Waals surface area contributed by atoms with Crippen LogP contribution in [-0.4, -0.2) is 12.4 Å². The average Bonchev–Trinajstić information content (AvgIpc) is 2.47. The fourth-order valence-electron chi connectivity index (χ4n) is 1.69. The van der Waals surface area contributed by atoms with Crippen LogP contribution in [0.2, 0.25) is 0 Å². The highest BCUT2D eigenvalue weighted by Gasteiger charge is 2.08. The van der Waals surface area contributed by atoms with Crippen molar-refractivity contribution in [3.05, 3.63) is 62.7 Å². The van der Waals surface area contributed by atoms with E-state index in [0.717, 1.165) is 9.13 Å². The zero-order valence-electron chi connectivity index (χ0n) is 10.9. The maximum atomic E-state index is 12.0. The number of Topliss-reactive ketones (excluding diaryl/α,β-unsaturated/α-hetero) is 1. The van der Waals surface area contributed by atoms with Gasteiger partial charge in [0.2, 0.25) is 0 Å². The number of carbonyl (C=O) groups excluding carboxylic acids is 1. The molecule has 4 heteroatoms. The number of ketones is 1. The van der Waals surface area contributed by atoms with E-state index in [-0.39, 0.29) is 12.4 Å². The predicted molar refractivity (Wildman–Crippen MR) is 84.9 cm³/mol. The second-order valence-corrected chi connectivity index (χ2v) is 5.56. The standard InChI is InChI=1S/C16H12INO2/c1-11-2-3-12(9-18)8-16(11)20-10-15(19)13-4-6-14(17)7-5-13/h2-8H,10H2,1H3. The number of hydrogen-bond acceptors (Lipinski definition) is 3. The molecule has 0 atom stereocenters. The van der Waals surface area contributed by atoms with Gasteiger partial charge in [0.15, 0.2) is 12.4 Å². The Bertz CT molecular complexity index is 672. The highest BCUT2D eigenvalue weighted by molar-refractivity contribution is 14.1. The van der Waals surface area contributed by atoms with E-state index in [1.165, 1.54) is 0 Å². The summed E-state index contributed by atoms with van der Waals surface area (Å²) in [4.78, 5) is 12.0. The topological polar surface area (TPSA) is 50.1 Å². The minimum Gasteiger partial charge on any atom is -0.485 e. The van der Waals surface area contributed by atoms with Crippen LogP contribution in [0.5, 0.6) is 5.75 Å². The van der Waals surface area contributed by atoms with E-state index in [1.54, 1.807) is 24.3 Å². The number of benzene rings is 2. The molecule has 0 aliphatic rings. The van der Waals surface area contributed by atoms with Crippen LogP contribution >= 0.6 is 22.6 Å².